The molecule has 0 amide bonds. The average Bonchev–Trinajstić information content (AvgIpc) is 3.24. The molecular weight excluding hydrogens is 478 g/mol. The second-order valence-electron chi connectivity index (χ2n) is 8.50. The normalized spacial score (nSPS) is 13.6. The quantitative estimate of drug-likeness (QED) is 0.196. The Morgan fingerprint density at radius 2 is 1.74 bits per heavy atom. The third-order valence-electron chi connectivity index (χ3n) is 6.06. The number of rotatable bonds is 8. The largest absolute Gasteiger partial charge is 0.465 e. The third kappa shape index (κ3) is 5.34. The fourth-order valence-electron chi connectivity index (χ4n) is 4.43. The van der Waals surface area contributed by atoms with Crippen LogP contribution in [0.2, 0.25) is 0 Å². The van der Waals surface area contributed by atoms with E-state index in [-0.39, 0.29) is 17.3 Å². The summed E-state index contributed by atoms with van der Waals surface area (Å²) in [5.74, 6) is -0.184. The first-order valence-electron chi connectivity index (χ1n) is 11.8. The van der Waals surface area contributed by atoms with Gasteiger partial charge in [0.1, 0.15) is 4.83 Å². The second kappa shape index (κ2) is 10.8. The number of hydrogen-bond donors (Lipinski definition) is 0. The van der Waals surface area contributed by atoms with Gasteiger partial charge in [-0.3, -0.25) is 19.1 Å². The number of benzene rings is 2. The maximum absolute atomic E-state index is 13.8. The first-order valence-corrected chi connectivity index (χ1v) is 13.6. The molecule has 0 spiro atoms. The summed E-state index contributed by atoms with van der Waals surface area (Å²) in [6.07, 6.45) is 0.833. The van der Waals surface area contributed by atoms with E-state index in [1.807, 2.05) is 36.4 Å². The lowest BCUT2D eigenvalue weighted by Crippen LogP contribution is -2.30. The molecule has 180 valence electrons. The molecule has 8 heteroatoms. The van der Waals surface area contributed by atoms with Gasteiger partial charge in [0.05, 0.1) is 24.3 Å². The predicted octanol–water partition coefficient (Wildman–Crippen LogP) is 4.72. The zero-order chi connectivity index (χ0) is 24.2. The van der Waals surface area contributed by atoms with Crippen LogP contribution < -0.4 is 5.56 Å². The zero-order valence-electron chi connectivity index (χ0n) is 19.6. The van der Waals surface area contributed by atoms with E-state index in [1.54, 1.807) is 22.8 Å². The molecule has 0 unspecified atom stereocenters. The Morgan fingerprint density at radius 1 is 1.06 bits per heavy atom. The fourth-order valence-corrected chi connectivity index (χ4v) is 6.53. The van der Waals surface area contributed by atoms with Gasteiger partial charge in [-0.25, -0.2) is 4.98 Å². The molecule has 5 rings (SSSR count). The van der Waals surface area contributed by atoms with Crippen LogP contribution in [-0.4, -0.2) is 39.3 Å². The van der Waals surface area contributed by atoms with E-state index in [1.165, 1.54) is 22.2 Å². The Labute approximate surface area is 212 Å². The molecule has 2 aromatic heterocycles. The number of nitrogens with zero attached hydrogens (tertiary/aromatic N) is 3. The highest BCUT2D eigenvalue weighted by Crippen LogP contribution is 2.34. The minimum Gasteiger partial charge on any atom is -0.465 e. The first kappa shape index (κ1) is 23.8. The molecule has 1 aliphatic heterocycles. The lowest BCUT2D eigenvalue weighted by molar-refractivity contribution is -0.139. The van der Waals surface area contributed by atoms with Crippen LogP contribution in [-0.2, 0) is 35.6 Å². The highest BCUT2D eigenvalue weighted by Gasteiger charge is 2.25. The summed E-state index contributed by atoms with van der Waals surface area (Å²) in [6.45, 7) is 5.15. The number of fused-ring (bicyclic) bond motifs is 3. The van der Waals surface area contributed by atoms with E-state index in [0.717, 1.165) is 47.4 Å². The average molecular weight is 506 g/mol. The third-order valence-corrected chi connectivity index (χ3v) is 8.12. The van der Waals surface area contributed by atoms with Gasteiger partial charge in [-0.05, 0) is 30.0 Å². The molecule has 6 nitrogen and oxygen atoms in total. The van der Waals surface area contributed by atoms with Crippen molar-refractivity contribution in [2.45, 2.75) is 38.1 Å². The van der Waals surface area contributed by atoms with Gasteiger partial charge in [-0.15, -0.1) is 11.3 Å². The lowest BCUT2D eigenvalue weighted by Gasteiger charge is -2.26. The van der Waals surface area contributed by atoms with Crippen LogP contribution in [0.15, 0.2) is 70.6 Å². The first-order chi connectivity index (χ1) is 17.1. The van der Waals surface area contributed by atoms with Gasteiger partial charge in [-0.1, -0.05) is 72.4 Å². The minimum atomic E-state index is -0.305. The highest BCUT2D eigenvalue weighted by molar-refractivity contribution is 7.99. The van der Waals surface area contributed by atoms with Crippen LogP contribution in [0.1, 0.15) is 28.5 Å². The zero-order valence-corrected chi connectivity index (χ0v) is 21.2. The molecule has 0 fully saturated rings. The highest BCUT2D eigenvalue weighted by atomic mass is 32.2. The lowest BCUT2D eigenvalue weighted by atomic mass is 10.0. The van der Waals surface area contributed by atoms with E-state index in [9.17, 15) is 9.59 Å². The van der Waals surface area contributed by atoms with Crippen molar-refractivity contribution in [1.29, 1.82) is 0 Å². The van der Waals surface area contributed by atoms with Crippen molar-refractivity contribution in [2.24, 2.45) is 0 Å². The molecule has 3 heterocycles. The maximum atomic E-state index is 13.8. The Kier molecular flexibility index (Phi) is 7.32. The van der Waals surface area contributed by atoms with E-state index in [0.29, 0.717) is 18.3 Å². The van der Waals surface area contributed by atoms with Gasteiger partial charge >= 0.3 is 5.97 Å². The topological polar surface area (TPSA) is 64.4 Å². The van der Waals surface area contributed by atoms with Crippen LogP contribution >= 0.6 is 23.1 Å². The fraction of sp³-hybridized carbons (Fsp3) is 0.296. The Bertz CT molecular complexity index is 1380. The number of carbonyl (C=O) groups is 1. The van der Waals surface area contributed by atoms with E-state index in [4.69, 9.17) is 9.72 Å². The molecule has 0 aliphatic carbocycles. The van der Waals surface area contributed by atoms with Crippen molar-refractivity contribution in [3.8, 4) is 0 Å². The summed E-state index contributed by atoms with van der Waals surface area (Å²) in [5, 5.41) is 1.29. The van der Waals surface area contributed by atoms with Crippen molar-refractivity contribution in [3.63, 3.8) is 0 Å². The number of thioether (sulfide) groups is 1. The van der Waals surface area contributed by atoms with Crippen molar-refractivity contribution >= 4 is 39.3 Å². The minimum absolute atomic E-state index is 0.0285. The Morgan fingerprint density at radius 3 is 2.43 bits per heavy atom. The predicted molar refractivity (Wildman–Crippen MR) is 141 cm³/mol. The van der Waals surface area contributed by atoms with E-state index >= 15 is 0 Å². The summed E-state index contributed by atoms with van der Waals surface area (Å²) in [4.78, 5) is 35.1. The van der Waals surface area contributed by atoms with Crippen LogP contribution in [0.3, 0.4) is 0 Å². The smallest absolute Gasteiger partial charge is 0.316 e. The van der Waals surface area contributed by atoms with Gasteiger partial charge in [0.2, 0.25) is 0 Å². The van der Waals surface area contributed by atoms with Crippen molar-refractivity contribution in [3.05, 3.63) is 92.6 Å². The number of hydrogen-bond acceptors (Lipinski definition) is 7. The standard InChI is InChI=1S/C27H27N3O3S2/c1-2-33-23(31)18-34-27-28-25-24(26(32)30(27)16-20-11-7-4-8-12-20)21-13-14-29(17-22(21)35-25)15-19-9-5-3-6-10-19/h3-12H,2,13-18H2,1H3. The molecule has 1 aliphatic rings. The molecule has 0 saturated carbocycles. The van der Waals surface area contributed by atoms with E-state index < -0.39 is 0 Å². The molecule has 0 radical (unpaired) electrons. The van der Waals surface area contributed by atoms with Crippen molar-refractivity contribution < 1.29 is 9.53 Å². The molecule has 0 saturated heterocycles. The molecule has 4 aromatic rings. The van der Waals surface area contributed by atoms with Crippen LogP contribution in [0, 0.1) is 0 Å². The second-order valence-corrected chi connectivity index (χ2v) is 10.5. The number of esters is 1. The van der Waals surface area contributed by atoms with Crippen molar-refractivity contribution in [1.82, 2.24) is 14.5 Å². The monoisotopic (exact) mass is 505 g/mol. The number of aromatic nitrogens is 2. The van der Waals surface area contributed by atoms with Crippen LogP contribution in [0.5, 0.6) is 0 Å². The Balaban J connectivity index is 1.49. The van der Waals surface area contributed by atoms with Crippen molar-refractivity contribution in [2.75, 3.05) is 18.9 Å². The summed E-state index contributed by atoms with van der Waals surface area (Å²) < 4.78 is 6.80. The molecule has 2 aromatic carbocycles. The summed E-state index contributed by atoms with van der Waals surface area (Å²) in [5.41, 5.74) is 3.42. The van der Waals surface area contributed by atoms with Crippen LogP contribution in [0.4, 0.5) is 0 Å². The summed E-state index contributed by atoms with van der Waals surface area (Å²) >= 11 is 2.87. The van der Waals surface area contributed by atoms with Gasteiger partial charge in [0.15, 0.2) is 5.16 Å². The molecule has 0 bridgehead atoms. The van der Waals surface area contributed by atoms with Gasteiger partial charge < -0.3 is 4.74 Å². The number of ether oxygens (including phenoxy) is 1. The molecule has 0 N–H and O–H groups in total. The molecular formula is C27H27N3O3S2. The maximum Gasteiger partial charge on any atom is 0.316 e. The number of carbonyl (C=O) groups excluding carboxylic acids is 1. The van der Waals surface area contributed by atoms with Gasteiger partial charge in [0.25, 0.3) is 5.56 Å². The Hall–Kier alpha value is -2.94. The van der Waals surface area contributed by atoms with Gasteiger partial charge in [-0.2, -0.15) is 0 Å². The number of thiophene rings is 1. The summed E-state index contributed by atoms with van der Waals surface area (Å²) in [6, 6.07) is 20.4. The summed E-state index contributed by atoms with van der Waals surface area (Å²) in [7, 11) is 0. The molecule has 35 heavy (non-hydrogen) atoms. The van der Waals surface area contributed by atoms with E-state index in [2.05, 4.69) is 29.2 Å². The molecule has 0 atom stereocenters. The van der Waals surface area contributed by atoms with Crippen LogP contribution in [0.25, 0.3) is 10.2 Å². The van der Waals surface area contributed by atoms with Gasteiger partial charge in [0, 0.05) is 24.5 Å². The SMILES string of the molecule is CCOC(=O)CSc1nc2sc3c(c2c(=O)n1Cc1ccccc1)CCN(Cc1ccccc1)C3.